The molecule has 0 saturated carbocycles. The maximum Gasteiger partial charge on any atom is 0.309 e. The largest absolute Gasteiger partial charge is 0.492 e. The van der Waals surface area contributed by atoms with Crippen LogP contribution >= 0.6 is 11.3 Å². The van der Waals surface area contributed by atoms with Gasteiger partial charge in [0.25, 0.3) is 0 Å². The molecule has 2 aromatic heterocycles. The highest BCUT2D eigenvalue weighted by atomic mass is 32.1. The summed E-state index contributed by atoms with van der Waals surface area (Å²) in [7, 11) is 0. The van der Waals surface area contributed by atoms with E-state index < -0.39 is 0 Å². The average molecular weight is 440 g/mol. The smallest absolute Gasteiger partial charge is 0.309 e. The van der Waals surface area contributed by atoms with Gasteiger partial charge < -0.3 is 25.9 Å². The summed E-state index contributed by atoms with van der Waals surface area (Å²) in [6.07, 6.45) is 4.93. The number of aryl methyl sites for hydroxylation is 1. The van der Waals surface area contributed by atoms with Gasteiger partial charge in [-0.3, -0.25) is 4.79 Å². The third-order valence-electron chi connectivity index (χ3n) is 5.36. The predicted octanol–water partition coefficient (Wildman–Crippen LogP) is 4.08. The molecule has 162 valence electrons. The number of rotatable bonds is 7. The van der Waals surface area contributed by atoms with Crippen molar-refractivity contribution in [3.63, 3.8) is 0 Å². The zero-order valence-electron chi connectivity index (χ0n) is 17.5. The number of carbonyl (C=O) groups excluding carboxylic acids is 1. The summed E-state index contributed by atoms with van der Waals surface area (Å²) in [6, 6.07) is 3.51. The Bertz CT molecular complexity index is 1140. The fourth-order valence-electron chi connectivity index (χ4n) is 3.90. The maximum atomic E-state index is 12.2. The minimum atomic E-state index is -0.127. The van der Waals surface area contributed by atoms with Crippen molar-refractivity contribution in [2.75, 3.05) is 24.3 Å². The van der Waals surface area contributed by atoms with Gasteiger partial charge in [-0.05, 0) is 44.7 Å². The molecule has 3 aromatic rings. The molecule has 0 aliphatic heterocycles. The Hall–Kier alpha value is -3.20. The lowest BCUT2D eigenvalue weighted by molar-refractivity contribution is -0.148. The highest BCUT2D eigenvalue weighted by Crippen LogP contribution is 2.41. The van der Waals surface area contributed by atoms with Gasteiger partial charge in [0.15, 0.2) is 0 Å². The summed E-state index contributed by atoms with van der Waals surface area (Å²) in [6.45, 7) is 4.62. The van der Waals surface area contributed by atoms with E-state index in [9.17, 15) is 4.79 Å². The van der Waals surface area contributed by atoms with E-state index in [1.54, 1.807) is 23.5 Å². The molecule has 1 aliphatic rings. The van der Waals surface area contributed by atoms with Crippen molar-refractivity contribution in [1.29, 1.82) is 5.41 Å². The minimum Gasteiger partial charge on any atom is -0.492 e. The van der Waals surface area contributed by atoms with Crippen molar-refractivity contribution < 1.29 is 14.3 Å². The van der Waals surface area contributed by atoms with E-state index >= 15 is 0 Å². The second kappa shape index (κ2) is 8.89. The molecule has 4 rings (SSSR count). The lowest BCUT2D eigenvalue weighted by Crippen LogP contribution is -2.23. The number of nitrogens with zero attached hydrogens (tertiary/aromatic N) is 2. The van der Waals surface area contributed by atoms with Crippen LogP contribution in [0, 0.1) is 11.3 Å². The van der Waals surface area contributed by atoms with Gasteiger partial charge in [-0.15, -0.1) is 11.3 Å². The molecular formula is C22H25N5O3S. The van der Waals surface area contributed by atoms with E-state index in [-0.39, 0.29) is 11.9 Å². The molecule has 0 fully saturated rings. The topological polar surface area (TPSA) is 123 Å². The molecule has 0 spiro atoms. The highest BCUT2D eigenvalue weighted by Gasteiger charge is 2.30. The van der Waals surface area contributed by atoms with Gasteiger partial charge in [0.05, 0.1) is 30.2 Å². The Morgan fingerprint density at radius 1 is 1.35 bits per heavy atom. The molecule has 2 heterocycles. The Balaban J connectivity index is 1.72. The van der Waals surface area contributed by atoms with Gasteiger partial charge in [0.1, 0.15) is 22.7 Å². The lowest BCUT2D eigenvalue weighted by atomic mass is 9.88. The number of hydrogen-bond acceptors (Lipinski definition) is 9. The van der Waals surface area contributed by atoms with E-state index in [0.29, 0.717) is 48.1 Å². The Morgan fingerprint density at radius 2 is 2.19 bits per heavy atom. The first-order chi connectivity index (χ1) is 15.0. The van der Waals surface area contributed by atoms with Crippen molar-refractivity contribution in [1.82, 2.24) is 9.97 Å². The molecule has 1 aromatic carbocycles. The molecule has 0 saturated heterocycles. The third kappa shape index (κ3) is 4.05. The van der Waals surface area contributed by atoms with Crippen molar-refractivity contribution in [2.24, 2.45) is 5.92 Å². The number of nitrogens with one attached hydrogen (secondary N) is 2. The second-order valence-electron chi connectivity index (χ2n) is 7.28. The summed E-state index contributed by atoms with van der Waals surface area (Å²) < 4.78 is 11.0. The Kier molecular flexibility index (Phi) is 6.03. The Morgan fingerprint density at radius 3 is 2.94 bits per heavy atom. The summed E-state index contributed by atoms with van der Waals surface area (Å²) in [5, 5.41) is 12.0. The van der Waals surface area contributed by atoms with E-state index in [0.717, 1.165) is 27.9 Å². The number of esters is 1. The highest BCUT2D eigenvalue weighted by molar-refractivity contribution is 7.19. The monoisotopic (exact) mass is 439 g/mol. The number of nitrogens with two attached hydrogens (primary N) is 1. The predicted molar refractivity (Wildman–Crippen MR) is 123 cm³/mol. The van der Waals surface area contributed by atoms with E-state index in [1.165, 1.54) is 18.1 Å². The number of thiophene rings is 1. The maximum absolute atomic E-state index is 12.2. The fraction of sp³-hybridized carbons (Fsp3) is 0.364. The fourth-order valence-corrected chi connectivity index (χ4v) is 5.17. The molecule has 1 aliphatic carbocycles. The molecule has 31 heavy (non-hydrogen) atoms. The number of ether oxygens (including phenoxy) is 2. The SMILES string of the molecule is CCOC(=O)C1CCc2c(sc3ncnc(Nc4cc(C=N)c(N)cc4OCC)c23)C1. The number of aromatic nitrogens is 2. The van der Waals surface area contributed by atoms with E-state index in [1.807, 2.05) is 13.8 Å². The third-order valence-corrected chi connectivity index (χ3v) is 6.52. The summed E-state index contributed by atoms with van der Waals surface area (Å²) in [4.78, 5) is 23.2. The number of hydrogen-bond donors (Lipinski definition) is 3. The summed E-state index contributed by atoms with van der Waals surface area (Å²) in [5.74, 6) is 1.04. The average Bonchev–Trinajstić information content (AvgIpc) is 3.14. The molecule has 1 unspecified atom stereocenters. The normalized spacial score (nSPS) is 15.4. The minimum absolute atomic E-state index is 0.110. The van der Waals surface area contributed by atoms with E-state index in [2.05, 4.69) is 15.3 Å². The Labute approximate surface area is 184 Å². The first-order valence-electron chi connectivity index (χ1n) is 10.3. The first-order valence-corrected chi connectivity index (χ1v) is 11.1. The molecule has 1 atom stereocenters. The summed E-state index contributed by atoms with van der Waals surface area (Å²) >= 11 is 1.60. The number of carbonyl (C=O) groups is 1. The molecule has 0 bridgehead atoms. The first kappa shape index (κ1) is 21.0. The number of nitrogen functional groups attached to an aromatic ring is 1. The van der Waals surface area contributed by atoms with Gasteiger partial charge in [0.2, 0.25) is 0 Å². The van der Waals surface area contributed by atoms with Crippen LogP contribution in [0.1, 0.15) is 36.3 Å². The van der Waals surface area contributed by atoms with Crippen LogP contribution in [-0.4, -0.2) is 35.4 Å². The van der Waals surface area contributed by atoms with Crippen molar-refractivity contribution in [3.05, 3.63) is 34.5 Å². The van der Waals surface area contributed by atoms with Gasteiger partial charge >= 0.3 is 5.97 Å². The summed E-state index contributed by atoms with van der Waals surface area (Å²) in [5.41, 5.74) is 8.98. The van der Waals surface area contributed by atoms with Gasteiger partial charge in [0, 0.05) is 28.4 Å². The number of benzene rings is 1. The molecule has 9 heteroatoms. The number of anilines is 3. The van der Waals surface area contributed by atoms with Gasteiger partial charge in [-0.2, -0.15) is 0 Å². The van der Waals surface area contributed by atoms with Crippen LogP contribution in [0.4, 0.5) is 17.2 Å². The second-order valence-corrected chi connectivity index (χ2v) is 8.36. The molecule has 4 N–H and O–H groups in total. The zero-order valence-corrected chi connectivity index (χ0v) is 18.3. The molecule has 0 amide bonds. The molecule has 0 radical (unpaired) electrons. The standard InChI is InChI=1S/C22H25N5O3S/c1-3-29-17-9-15(24)13(10-23)7-16(17)27-20-19-14-6-5-12(22(28)30-4-2)8-18(14)31-21(19)26-11-25-20/h7,9-12,23H,3-6,8,24H2,1-2H3,(H,25,26,27). The van der Waals surface area contributed by atoms with Crippen molar-refractivity contribution in [2.45, 2.75) is 33.1 Å². The van der Waals surface area contributed by atoms with Gasteiger partial charge in [-0.25, -0.2) is 9.97 Å². The quantitative estimate of drug-likeness (QED) is 0.288. The molecular weight excluding hydrogens is 414 g/mol. The van der Waals surface area contributed by atoms with Crippen molar-refractivity contribution in [3.8, 4) is 5.75 Å². The van der Waals surface area contributed by atoms with Crippen LogP contribution in [0.3, 0.4) is 0 Å². The number of fused-ring (bicyclic) bond motifs is 3. The van der Waals surface area contributed by atoms with Crippen LogP contribution in [-0.2, 0) is 22.4 Å². The van der Waals surface area contributed by atoms with E-state index in [4.69, 9.17) is 20.6 Å². The lowest BCUT2D eigenvalue weighted by Gasteiger charge is -2.21. The van der Waals surface area contributed by atoms with Crippen LogP contribution in [0.15, 0.2) is 18.5 Å². The van der Waals surface area contributed by atoms with Crippen LogP contribution in [0.5, 0.6) is 5.75 Å². The van der Waals surface area contributed by atoms with Crippen molar-refractivity contribution >= 4 is 50.9 Å². The van der Waals surface area contributed by atoms with Gasteiger partial charge in [-0.1, -0.05) is 0 Å². The zero-order chi connectivity index (χ0) is 22.0. The van der Waals surface area contributed by atoms with Crippen LogP contribution in [0.2, 0.25) is 0 Å². The molecule has 8 nitrogen and oxygen atoms in total. The van der Waals surface area contributed by atoms with Crippen LogP contribution < -0.4 is 15.8 Å². The van der Waals surface area contributed by atoms with Crippen LogP contribution in [0.25, 0.3) is 10.2 Å².